The number of halogens is 1. The normalized spacial score (nSPS) is 10.8. The van der Waals surface area contributed by atoms with Gasteiger partial charge in [0, 0.05) is 10.9 Å². The molecule has 4 rings (SSSR count). The van der Waals surface area contributed by atoms with Gasteiger partial charge in [0.25, 0.3) is 0 Å². The highest BCUT2D eigenvalue weighted by molar-refractivity contribution is 7.14. The van der Waals surface area contributed by atoms with Crippen LogP contribution in [0.1, 0.15) is 15.9 Å². The van der Waals surface area contributed by atoms with E-state index in [4.69, 9.17) is 4.74 Å². The number of nitrogens with zero attached hydrogens (tertiary/aromatic N) is 2. The Bertz CT molecular complexity index is 1170. The highest BCUT2D eigenvalue weighted by atomic mass is 32.1. The van der Waals surface area contributed by atoms with Gasteiger partial charge in [-0.05, 0) is 42.0 Å². The summed E-state index contributed by atoms with van der Waals surface area (Å²) in [6, 6.07) is 22.3. The molecule has 0 aliphatic carbocycles. The summed E-state index contributed by atoms with van der Waals surface area (Å²) in [6.45, 7) is 0. The quantitative estimate of drug-likeness (QED) is 0.192. The van der Waals surface area contributed by atoms with Gasteiger partial charge in [-0.1, -0.05) is 42.5 Å². The minimum atomic E-state index is -0.742. The first-order valence-electron chi connectivity index (χ1n) is 9.06. The van der Waals surface area contributed by atoms with Gasteiger partial charge in [0.05, 0.1) is 17.5 Å². The lowest BCUT2D eigenvalue weighted by molar-refractivity contribution is 0.0730. The number of aromatic nitrogens is 1. The number of anilines is 1. The Hall–Kier alpha value is -3.84. The number of carbonyl (C=O) groups is 1. The standard InChI is InChI=1S/C23H16FN3O2S/c24-20-9-5-4-8-19(20)22(28)29-18-12-10-16(11-13-18)14-25-27-23-26-21(15-30-23)17-6-2-1-3-7-17/h1-15H,(H,26,27)/b25-14-. The van der Waals surface area contributed by atoms with Crippen molar-refractivity contribution in [3.63, 3.8) is 0 Å². The van der Waals surface area contributed by atoms with E-state index in [1.807, 2.05) is 35.7 Å². The number of esters is 1. The Labute approximate surface area is 176 Å². The van der Waals surface area contributed by atoms with Gasteiger partial charge >= 0.3 is 5.97 Å². The molecule has 0 spiro atoms. The topological polar surface area (TPSA) is 63.6 Å². The smallest absolute Gasteiger partial charge is 0.346 e. The second kappa shape index (κ2) is 9.11. The maximum absolute atomic E-state index is 13.7. The van der Waals surface area contributed by atoms with Crippen LogP contribution in [0.25, 0.3) is 11.3 Å². The summed E-state index contributed by atoms with van der Waals surface area (Å²) in [4.78, 5) is 16.5. The van der Waals surface area contributed by atoms with Crippen LogP contribution in [0, 0.1) is 5.82 Å². The van der Waals surface area contributed by atoms with E-state index in [0.29, 0.717) is 10.9 Å². The van der Waals surface area contributed by atoms with E-state index in [1.165, 1.54) is 29.5 Å². The predicted molar refractivity (Wildman–Crippen MR) is 117 cm³/mol. The van der Waals surface area contributed by atoms with Gasteiger partial charge in [-0.2, -0.15) is 5.10 Å². The van der Waals surface area contributed by atoms with Crippen LogP contribution in [0.4, 0.5) is 9.52 Å². The van der Waals surface area contributed by atoms with E-state index in [2.05, 4.69) is 15.5 Å². The Morgan fingerprint density at radius 1 is 1.00 bits per heavy atom. The monoisotopic (exact) mass is 417 g/mol. The molecule has 5 nitrogen and oxygen atoms in total. The molecule has 1 heterocycles. The van der Waals surface area contributed by atoms with Crippen LogP contribution < -0.4 is 10.2 Å². The number of hydrazone groups is 1. The van der Waals surface area contributed by atoms with Crippen molar-refractivity contribution in [2.45, 2.75) is 0 Å². The molecular weight excluding hydrogens is 401 g/mol. The van der Waals surface area contributed by atoms with Crippen molar-refractivity contribution in [1.29, 1.82) is 0 Å². The molecule has 0 atom stereocenters. The van der Waals surface area contributed by atoms with E-state index in [0.717, 1.165) is 16.8 Å². The third kappa shape index (κ3) is 4.76. The fourth-order valence-electron chi connectivity index (χ4n) is 2.64. The first-order valence-corrected chi connectivity index (χ1v) is 9.94. The van der Waals surface area contributed by atoms with Crippen LogP contribution in [0.2, 0.25) is 0 Å². The predicted octanol–water partition coefficient (Wildman–Crippen LogP) is 5.61. The van der Waals surface area contributed by atoms with Crippen molar-refractivity contribution in [1.82, 2.24) is 4.98 Å². The maximum atomic E-state index is 13.7. The summed E-state index contributed by atoms with van der Waals surface area (Å²) < 4.78 is 18.9. The Balaban J connectivity index is 1.35. The van der Waals surface area contributed by atoms with Crippen molar-refractivity contribution in [2.24, 2.45) is 5.10 Å². The zero-order chi connectivity index (χ0) is 20.8. The van der Waals surface area contributed by atoms with Gasteiger partial charge < -0.3 is 4.74 Å². The molecule has 0 unspecified atom stereocenters. The summed E-state index contributed by atoms with van der Waals surface area (Å²) in [5.41, 5.74) is 5.54. The number of thiazole rings is 1. The molecule has 0 saturated heterocycles. The SMILES string of the molecule is O=C(Oc1ccc(/C=N\Nc2nc(-c3ccccc3)cs2)cc1)c1ccccc1F. The lowest BCUT2D eigenvalue weighted by atomic mass is 10.2. The van der Waals surface area contributed by atoms with Gasteiger partial charge in [-0.15, -0.1) is 11.3 Å². The minimum Gasteiger partial charge on any atom is -0.423 e. The van der Waals surface area contributed by atoms with Gasteiger partial charge in [0.2, 0.25) is 5.13 Å². The number of ether oxygens (including phenoxy) is 1. The van der Waals surface area contributed by atoms with Crippen LogP contribution in [0.5, 0.6) is 5.75 Å². The van der Waals surface area contributed by atoms with Crippen molar-refractivity contribution < 1.29 is 13.9 Å². The molecule has 0 aliphatic rings. The average Bonchev–Trinajstić information content (AvgIpc) is 3.25. The molecule has 0 bridgehead atoms. The second-order valence-electron chi connectivity index (χ2n) is 6.21. The molecule has 0 amide bonds. The Morgan fingerprint density at radius 2 is 1.73 bits per heavy atom. The summed E-state index contributed by atoms with van der Waals surface area (Å²) >= 11 is 1.46. The van der Waals surface area contributed by atoms with Crippen LogP contribution in [-0.4, -0.2) is 17.2 Å². The Kier molecular flexibility index (Phi) is 5.91. The minimum absolute atomic E-state index is 0.106. The highest BCUT2D eigenvalue weighted by Crippen LogP contribution is 2.24. The van der Waals surface area contributed by atoms with Crippen LogP contribution in [-0.2, 0) is 0 Å². The zero-order valence-corrected chi connectivity index (χ0v) is 16.5. The van der Waals surface area contributed by atoms with Crippen LogP contribution >= 0.6 is 11.3 Å². The molecule has 1 aromatic heterocycles. The highest BCUT2D eigenvalue weighted by Gasteiger charge is 2.13. The summed E-state index contributed by atoms with van der Waals surface area (Å²) in [5.74, 6) is -1.04. The summed E-state index contributed by atoms with van der Waals surface area (Å²) in [6.07, 6.45) is 1.63. The maximum Gasteiger partial charge on any atom is 0.346 e. The third-order valence-electron chi connectivity index (χ3n) is 4.13. The number of nitrogens with one attached hydrogen (secondary N) is 1. The number of hydrogen-bond acceptors (Lipinski definition) is 6. The fraction of sp³-hybridized carbons (Fsp3) is 0. The molecule has 0 radical (unpaired) electrons. The molecule has 1 N–H and O–H groups in total. The number of carbonyl (C=O) groups excluding carboxylic acids is 1. The van der Waals surface area contributed by atoms with Crippen molar-refractivity contribution in [2.75, 3.05) is 5.43 Å². The molecule has 30 heavy (non-hydrogen) atoms. The van der Waals surface area contributed by atoms with Gasteiger partial charge in [-0.25, -0.2) is 14.2 Å². The third-order valence-corrected chi connectivity index (χ3v) is 4.88. The van der Waals surface area contributed by atoms with Gasteiger partial charge in [-0.3, -0.25) is 5.43 Å². The Morgan fingerprint density at radius 3 is 2.50 bits per heavy atom. The summed E-state index contributed by atoms with van der Waals surface area (Å²) in [5, 5.41) is 6.83. The van der Waals surface area contributed by atoms with Crippen LogP contribution in [0.15, 0.2) is 89.3 Å². The molecule has 7 heteroatoms. The van der Waals surface area contributed by atoms with Crippen molar-refractivity contribution >= 4 is 28.7 Å². The number of rotatable bonds is 6. The van der Waals surface area contributed by atoms with Gasteiger partial charge in [0.15, 0.2) is 0 Å². The molecule has 4 aromatic rings. The first kappa shape index (κ1) is 19.5. The van der Waals surface area contributed by atoms with E-state index >= 15 is 0 Å². The molecular formula is C23H16FN3O2S. The molecule has 0 aliphatic heterocycles. The molecule has 3 aromatic carbocycles. The lowest BCUT2D eigenvalue weighted by Crippen LogP contribution is -2.10. The first-order chi connectivity index (χ1) is 14.7. The molecule has 148 valence electrons. The molecule has 0 saturated carbocycles. The van der Waals surface area contributed by atoms with E-state index in [9.17, 15) is 9.18 Å². The van der Waals surface area contributed by atoms with E-state index < -0.39 is 11.8 Å². The van der Waals surface area contributed by atoms with Crippen LogP contribution in [0.3, 0.4) is 0 Å². The largest absolute Gasteiger partial charge is 0.423 e. The van der Waals surface area contributed by atoms with Crippen molar-refractivity contribution in [3.05, 3.63) is 101 Å². The van der Waals surface area contributed by atoms with E-state index in [-0.39, 0.29) is 5.56 Å². The van der Waals surface area contributed by atoms with Crippen molar-refractivity contribution in [3.8, 4) is 17.0 Å². The number of benzene rings is 3. The van der Waals surface area contributed by atoms with Gasteiger partial charge in [0.1, 0.15) is 11.6 Å². The summed E-state index contributed by atoms with van der Waals surface area (Å²) in [7, 11) is 0. The second-order valence-corrected chi connectivity index (χ2v) is 7.07. The number of hydrogen-bond donors (Lipinski definition) is 1. The lowest BCUT2D eigenvalue weighted by Gasteiger charge is -2.05. The average molecular weight is 417 g/mol. The fourth-order valence-corrected chi connectivity index (χ4v) is 3.31. The zero-order valence-electron chi connectivity index (χ0n) is 15.7. The van der Waals surface area contributed by atoms with E-state index in [1.54, 1.807) is 36.5 Å². The molecule has 0 fully saturated rings.